The fraction of sp³-hybridized carbons (Fsp3) is 0.625. The van der Waals surface area contributed by atoms with Crippen molar-refractivity contribution in [1.82, 2.24) is 14.7 Å². The summed E-state index contributed by atoms with van der Waals surface area (Å²) in [5.41, 5.74) is 1.44. The summed E-state index contributed by atoms with van der Waals surface area (Å²) in [6.45, 7) is 6.07. The minimum Gasteiger partial charge on any atom is -0.305 e. The number of likely N-dealkylation sites (N-methyl/N-ethyl adjacent to an activating group) is 1. The van der Waals surface area contributed by atoms with Crippen LogP contribution < -0.4 is 0 Å². The largest absolute Gasteiger partial charge is 0.305 e. The van der Waals surface area contributed by atoms with Gasteiger partial charge in [0.05, 0.1) is 0 Å². The van der Waals surface area contributed by atoms with Gasteiger partial charge in [0.15, 0.2) is 0 Å². The lowest BCUT2D eigenvalue weighted by Gasteiger charge is -2.50. The molecular formula is C16H25N3. The number of fused-ring (bicyclic) bond motifs is 2. The molecule has 0 radical (unpaired) electrons. The molecule has 104 valence electrons. The molecule has 2 aliphatic rings. The predicted molar refractivity (Wildman–Crippen MR) is 79.2 cm³/mol. The first kappa shape index (κ1) is 13.1. The molecule has 0 aromatic heterocycles. The van der Waals surface area contributed by atoms with E-state index in [0.29, 0.717) is 12.1 Å². The molecule has 1 unspecified atom stereocenters. The molecule has 0 N–H and O–H groups in total. The maximum atomic E-state index is 2.69. The molecule has 2 heterocycles. The second-order valence-corrected chi connectivity index (χ2v) is 6.14. The minimum absolute atomic E-state index is 0.692. The Morgan fingerprint density at radius 1 is 1.11 bits per heavy atom. The Hall–Kier alpha value is -0.900. The van der Waals surface area contributed by atoms with Crippen LogP contribution in [0.3, 0.4) is 0 Å². The summed E-state index contributed by atoms with van der Waals surface area (Å²) in [7, 11) is 4.46. The van der Waals surface area contributed by atoms with E-state index >= 15 is 0 Å². The predicted octanol–water partition coefficient (Wildman–Crippen LogP) is 1.51. The van der Waals surface area contributed by atoms with Crippen LogP contribution in [-0.2, 0) is 6.54 Å². The van der Waals surface area contributed by atoms with Gasteiger partial charge < -0.3 is 9.80 Å². The van der Waals surface area contributed by atoms with Crippen molar-refractivity contribution >= 4 is 0 Å². The first-order chi connectivity index (χ1) is 9.24. The lowest BCUT2D eigenvalue weighted by Crippen LogP contribution is -2.64. The standard InChI is InChI=1S/C16H25N3/c1-17(2)15-8-9-18-10-11-19(16(15)13-18)12-14-6-4-3-5-7-14/h3-7,15-16H,8-13H2,1-2H3/t15-,16+/m1/s1. The summed E-state index contributed by atoms with van der Waals surface area (Å²) in [4.78, 5) is 7.74. The van der Waals surface area contributed by atoms with Crippen molar-refractivity contribution in [2.24, 2.45) is 0 Å². The van der Waals surface area contributed by atoms with E-state index in [1.54, 1.807) is 0 Å². The van der Waals surface area contributed by atoms with Crippen LogP contribution in [0.25, 0.3) is 0 Å². The van der Waals surface area contributed by atoms with Crippen LogP contribution >= 0.6 is 0 Å². The third-order valence-electron chi connectivity index (χ3n) is 4.69. The van der Waals surface area contributed by atoms with Gasteiger partial charge in [0.25, 0.3) is 0 Å². The van der Waals surface area contributed by atoms with Crippen molar-refractivity contribution in [3.05, 3.63) is 35.9 Å². The average molecular weight is 259 g/mol. The van der Waals surface area contributed by atoms with Crippen molar-refractivity contribution in [2.75, 3.05) is 40.3 Å². The summed E-state index contributed by atoms with van der Waals surface area (Å²) in [5, 5.41) is 0. The summed E-state index contributed by atoms with van der Waals surface area (Å²) in [6.07, 6.45) is 1.31. The molecule has 2 saturated heterocycles. The fourth-order valence-electron chi connectivity index (χ4n) is 3.60. The number of piperazine rings is 1. The van der Waals surface area contributed by atoms with Crippen LogP contribution in [0.5, 0.6) is 0 Å². The molecule has 1 aromatic carbocycles. The normalized spacial score (nSPS) is 31.6. The van der Waals surface area contributed by atoms with Gasteiger partial charge in [0.1, 0.15) is 0 Å². The molecule has 0 spiro atoms. The number of hydrogen-bond acceptors (Lipinski definition) is 3. The van der Waals surface area contributed by atoms with Crippen LogP contribution in [0.4, 0.5) is 0 Å². The molecule has 3 atom stereocenters. The highest BCUT2D eigenvalue weighted by Crippen LogP contribution is 2.25. The molecule has 2 fully saturated rings. The zero-order chi connectivity index (χ0) is 13.2. The van der Waals surface area contributed by atoms with Crippen LogP contribution in [-0.4, -0.2) is 67.1 Å². The quantitative estimate of drug-likeness (QED) is 0.814. The zero-order valence-corrected chi connectivity index (χ0v) is 12.1. The van der Waals surface area contributed by atoms with E-state index in [2.05, 4.69) is 59.1 Å². The molecular weight excluding hydrogens is 234 g/mol. The van der Waals surface area contributed by atoms with Crippen molar-refractivity contribution in [2.45, 2.75) is 25.0 Å². The Morgan fingerprint density at radius 2 is 1.89 bits per heavy atom. The summed E-state index contributed by atoms with van der Waals surface area (Å²) in [6, 6.07) is 12.3. The molecule has 0 aliphatic carbocycles. The van der Waals surface area contributed by atoms with Gasteiger partial charge in [0, 0.05) is 38.3 Å². The number of benzene rings is 1. The Kier molecular flexibility index (Phi) is 3.87. The van der Waals surface area contributed by atoms with Crippen LogP contribution in [0.1, 0.15) is 12.0 Å². The van der Waals surface area contributed by atoms with Crippen molar-refractivity contribution in [3.8, 4) is 0 Å². The third kappa shape index (κ3) is 2.83. The highest BCUT2D eigenvalue weighted by molar-refractivity contribution is 5.15. The molecule has 0 amide bonds. The van der Waals surface area contributed by atoms with Gasteiger partial charge in [-0.3, -0.25) is 4.90 Å². The molecule has 2 bridgehead atoms. The van der Waals surface area contributed by atoms with Gasteiger partial charge >= 0.3 is 0 Å². The number of hydrogen-bond donors (Lipinski definition) is 0. The molecule has 2 aliphatic heterocycles. The third-order valence-corrected chi connectivity index (χ3v) is 4.69. The average Bonchev–Trinajstić information content (AvgIpc) is 2.43. The van der Waals surface area contributed by atoms with E-state index in [0.717, 1.165) is 6.54 Å². The number of nitrogens with zero attached hydrogens (tertiary/aromatic N) is 3. The molecule has 3 heteroatoms. The van der Waals surface area contributed by atoms with Crippen LogP contribution in [0.2, 0.25) is 0 Å². The SMILES string of the molecule is CN(C)[C@@H]1CCN2CCN(Cc3ccccc3)[C@H]1C2. The van der Waals surface area contributed by atoms with Gasteiger partial charge in [-0.25, -0.2) is 0 Å². The van der Waals surface area contributed by atoms with E-state index in [1.807, 2.05) is 0 Å². The number of piperidine rings is 1. The minimum atomic E-state index is 0.692. The van der Waals surface area contributed by atoms with Gasteiger partial charge in [-0.05, 0) is 32.6 Å². The highest BCUT2D eigenvalue weighted by Gasteiger charge is 2.37. The smallest absolute Gasteiger partial charge is 0.0383 e. The van der Waals surface area contributed by atoms with E-state index in [1.165, 1.54) is 38.2 Å². The second-order valence-electron chi connectivity index (χ2n) is 6.14. The summed E-state index contributed by atoms with van der Waals surface area (Å²) >= 11 is 0. The highest BCUT2D eigenvalue weighted by atomic mass is 15.3. The van der Waals surface area contributed by atoms with E-state index in [9.17, 15) is 0 Å². The molecule has 3 rings (SSSR count). The lowest BCUT2D eigenvalue weighted by atomic mass is 9.94. The molecule has 3 nitrogen and oxygen atoms in total. The van der Waals surface area contributed by atoms with Crippen molar-refractivity contribution in [1.29, 1.82) is 0 Å². The van der Waals surface area contributed by atoms with Crippen molar-refractivity contribution < 1.29 is 0 Å². The second kappa shape index (κ2) is 5.61. The van der Waals surface area contributed by atoms with E-state index in [-0.39, 0.29) is 0 Å². The van der Waals surface area contributed by atoms with Crippen LogP contribution in [0.15, 0.2) is 30.3 Å². The monoisotopic (exact) mass is 259 g/mol. The van der Waals surface area contributed by atoms with Crippen molar-refractivity contribution in [3.63, 3.8) is 0 Å². The lowest BCUT2D eigenvalue weighted by molar-refractivity contribution is -0.0147. The Labute approximate surface area is 116 Å². The maximum absolute atomic E-state index is 2.69. The Balaban J connectivity index is 1.73. The first-order valence-corrected chi connectivity index (χ1v) is 7.41. The zero-order valence-electron chi connectivity index (χ0n) is 12.1. The van der Waals surface area contributed by atoms with Gasteiger partial charge in [0.2, 0.25) is 0 Å². The van der Waals surface area contributed by atoms with E-state index in [4.69, 9.17) is 0 Å². The van der Waals surface area contributed by atoms with Crippen LogP contribution in [0, 0.1) is 0 Å². The van der Waals surface area contributed by atoms with E-state index < -0.39 is 0 Å². The van der Waals surface area contributed by atoms with Gasteiger partial charge in [-0.1, -0.05) is 30.3 Å². The summed E-state index contributed by atoms with van der Waals surface area (Å²) < 4.78 is 0. The van der Waals surface area contributed by atoms with Gasteiger partial charge in [-0.2, -0.15) is 0 Å². The number of rotatable bonds is 3. The van der Waals surface area contributed by atoms with Gasteiger partial charge in [-0.15, -0.1) is 0 Å². The first-order valence-electron chi connectivity index (χ1n) is 7.41. The Bertz CT molecular complexity index is 404. The molecule has 19 heavy (non-hydrogen) atoms. The Morgan fingerprint density at radius 3 is 2.63 bits per heavy atom. The molecule has 1 aromatic rings. The molecule has 0 saturated carbocycles. The maximum Gasteiger partial charge on any atom is 0.0383 e. The fourth-order valence-corrected chi connectivity index (χ4v) is 3.60. The summed E-state index contributed by atoms with van der Waals surface area (Å²) in [5.74, 6) is 0. The topological polar surface area (TPSA) is 9.72 Å².